The molecule has 0 radical (unpaired) electrons. The van der Waals surface area contributed by atoms with E-state index < -0.39 is 0 Å². The second-order valence-corrected chi connectivity index (χ2v) is 5.78. The first-order valence-electron chi connectivity index (χ1n) is 6.36. The van der Waals surface area contributed by atoms with Crippen molar-refractivity contribution >= 4 is 5.91 Å². The van der Waals surface area contributed by atoms with Gasteiger partial charge in [-0.1, -0.05) is 6.42 Å². The third kappa shape index (κ3) is 5.18. The van der Waals surface area contributed by atoms with Crippen molar-refractivity contribution in [1.29, 1.82) is 5.26 Å². The summed E-state index contributed by atoms with van der Waals surface area (Å²) in [5, 5.41) is 15.2. The van der Waals surface area contributed by atoms with E-state index in [0.717, 1.165) is 19.3 Å². The molecule has 1 amide bonds. The number of hydrogen-bond donors (Lipinski definition) is 2. The Kier molecular flexibility index (Phi) is 4.95. The Bertz CT molecular complexity index is 301. The Balaban J connectivity index is 2.20. The van der Waals surface area contributed by atoms with Crippen LogP contribution in [-0.4, -0.2) is 24.0 Å². The third-order valence-electron chi connectivity index (χ3n) is 2.95. The van der Waals surface area contributed by atoms with E-state index in [-0.39, 0.29) is 23.4 Å². The fraction of sp³-hybridized carbons (Fsp3) is 0.846. The van der Waals surface area contributed by atoms with Crippen molar-refractivity contribution in [2.24, 2.45) is 5.92 Å². The highest BCUT2D eigenvalue weighted by molar-refractivity contribution is 5.76. The first kappa shape index (κ1) is 14.0. The van der Waals surface area contributed by atoms with Gasteiger partial charge in [-0.2, -0.15) is 5.26 Å². The van der Waals surface area contributed by atoms with E-state index in [4.69, 9.17) is 5.26 Å². The number of carbonyl (C=O) groups is 1. The molecule has 0 bridgehead atoms. The molecule has 0 aromatic carbocycles. The second-order valence-electron chi connectivity index (χ2n) is 5.78. The van der Waals surface area contributed by atoms with Crippen LogP contribution in [0.2, 0.25) is 0 Å². The van der Waals surface area contributed by atoms with E-state index in [1.54, 1.807) is 0 Å². The maximum atomic E-state index is 11.6. The number of carbonyl (C=O) groups excluding carboxylic acids is 1. The molecule has 1 rings (SSSR count). The summed E-state index contributed by atoms with van der Waals surface area (Å²) in [5.41, 5.74) is -0.167. The highest BCUT2D eigenvalue weighted by atomic mass is 16.1. The molecule has 17 heavy (non-hydrogen) atoms. The lowest BCUT2D eigenvalue weighted by Gasteiger charge is -2.21. The molecule has 1 saturated carbocycles. The van der Waals surface area contributed by atoms with Gasteiger partial charge in [-0.25, -0.2) is 0 Å². The summed E-state index contributed by atoms with van der Waals surface area (Å²) in [4.78, 5) is 11.6. The standard InChI is InChI=1S/C13H23N3O/c1-13(2,3)16-12(17)7-8-15-11-6-4-5-10(11)9-14/h10-11,15H,4-8H2,1-3H3,(H,16,17). The summed E-state index contributed by atoms with van der Waals surface area (Å²) in [7, 11) is 0. The molecular formula is C13H23N3O. The zero-order valence-corrected chi connectivity index (χ0v) is 11.0. The van der Waals surface area contributed by atoms with Crippen LogP contribution < -0.4 is 10.6 Å². The molecule has 0 saturated heterocycles. The molecule has 0 aromatic rings. The average Bonchev–Trinajstić information content (AvgIpc) is 2.62. The van der Waals surface area contributed by atoms with Gasteiger partial charge < -0.3 is 10.6 Å². The number of nitrogens with one attached hydrogen (secondary N) is 2. The summed E-state index contributed by atoms with van der Waals surface area (Å²) < 4.78 is 0. The normalized spacial score (nSPS) is 24.4. The largest absolute Gasteiger partial charge is 0.351 e. The Hall–Kier alpha value is -1.08. The number of amides is 1. The topological polar surface area (TPSA) is 64.9 Å². The van der Waals surface area contributed by atoms with Crippen molar-refractivity contribution in [3.05, 3.63) is 0 Å². The first-order chi connectivity index (χ1) is 7.92. The highest BCUT2D eigenvalue weighted by Gasteiger charge is 2.26. The van der Waals surface area contributed by atoms with Crippen molar-refractivity contribution in [1.82, 2.24) is 10.6 Å². The van der Waals surface area contributed by atoms with Gasteiger partial charge in [-0.15, -0.1) is 0 Å². The van der Waals surface area contributed by atoms with Gasteiger partial charge in [-0.3, -0.25) is 4.79 Å². The fourth-order valence-electron chi connectivity index (χ4n) is 2.21. The molecule has 4 heteroatoms. The summed E-state index contributed by atoms with van der Waals surface area (Å²) in [6, 6.07) is 2.61. The molecule has 2 atom stereocenters. The molecule has 0 aromatic heterocycles. The predicted octanol–water partition coefficient (Wildman–Crippen LogP) is 1.57. The maximum absolute atomic E-state index is 11.6. The lowest BCUT2D eigenvalue weighted by molar-refractivity contribution is -0.122. The van der Waals surface area contributed by atoms with Gasteiger partial charge in [0.15, 0.2) is 0 Å². The summed E-state index contributed by atoms with van der Waals surface area (Å²) in [6.07, 6.45) is 3.64. The maximum Gasteiger partial charge on any atom is 0.221 e. The molecule has 2 unspecified atom stereocenters. The van der Waals surface area contributed by atoms with E-state index in [1.165, 1.54) is 0 Å². The van der Waals surface area contributed by atoms with Crippen LogP contribution in [0, 0.1) is 17.2 Å². The molecule has 1 aliphatic carbocycles. The number of rotatable bonds is 4. The Morgan fingerprint density at radius 3 is 2.71 bits per heavy atom. The Morgan fingerprint density at radius 2 is 2.12 bits per heavy atom. The van der Waals surface area contributed by atoms with Crippen LogP contribution in [0.1, 0.15) is 46.5 Å². The van der Waals surface area contributed by atoms with E-state index >= 15 is 0 Å². The minimum absolute atomic E-state index is 0.0662. The average molecular weight is 237 g/mol. The van der Waals surface area contributed by atoms with Gasteiger partial charge in [0.25, 0.3) is 0 Å². The Morgan fingerprint density at radius 1 is 1.41 bits per heavy atom. The zero-order valence-electron chi connectivity index (χ0n) is 11.0. The van der Waals surface area contributed by atoms with Gasteiger partial charge in [0.05, 0.1) is 12.0 Å². The first-order valence-corrected chi connectivity index (χ1v) is 6.36. The molecule has 2 N–H and O–H groups in total. The quantitative estimate of drug-likeness (QED) is 0.780. The number of nitrogens with zero attached hydrogens (tertiary/aromatic N) is 1. The fourth-order valence-corrected chi connectivity index (χ4v) is 2.21. The van der Waals surface area contributed by atoms with Crippen molar-refractivity contribution in [2.75, 3.05) is 6.54 Å². The molecule has 1 aliphatic rings. The van der Waals surface area contributed by atoms with Gasteiger partial charge in [0.1, 0.15) is 0 Å². The lowest BCUT2D eigenvalue weighted by Crippen LogP contribution is -2.42. The van der Waals surface area contributed by atoms with Gasteiger partial charge >= 0.3 is 0 Å². The van der Waals surface area contributed by atoms with Crippen molar-refractivity contribution in [3.8, 4) is 6.07 Å². The van der Waals surface area contributed by atoms with Crippen LogP contribution in [-0.2, 0) is 4.79 Å². The molecule has 4 nitrogen and oxygen atoms in total. The smallest absolute Gasteiger partial charge is 0.221 e. The highest BCUT2D eigenvalue weighted by Crippen LogP contribution is 2.24. The molecule has 0 spiro atoms. The minimum atomic E-state index is -0.167. The van der Waals surface area contributed by atoms with E-state index in [0.29, 0.717) is 13.0 Å². The van der Waals surface area contributed by atoms with E-state index in [1.807, 2.05) is 20.8 Å². The zero-order chi connectivity index (χ0) is 12.9. The van der Waals surface area contributed by atoms with Gasteiger partial charge in [-0.05, 0) is 33.6 Å². The molecule has 0 aliphatic heterocycles. The molecule has 1 fully saturated rings. The van der Waals surface area contributed by atoms with Crippen LogP contribution in [0.5, 0.6) is 0 Å². The molecule has 96 valence electrons. The van der Waals surface area contributed by atoms with E-state index in [2.05, 4.69) is 16.7 Å². The summed E-state index contributed by atoms with van der Waals surface area (Å²) in [5.74, 6) is 0.192. The lowest BCUT2D eigenvalue weighted by atomic mass is 10.1. The van der Waals surface area contributed by atoms with Crippen LogP contribution in [0.3, 0.4) is 0 Å². The van der Waals surface area contributed by atoms with Gasteiger partial charge in [0, 0.05) is 24.5 Å². The van der Waals surface area contributed by atoms with Crippen molar-refractivity contribution in [3.63, 3.8) is 0 Å². The van der Waals surface area contributed by atoms with Crippen LogP contribution >= 0.6 is 0 Å². The van der Waals surface area contributed by atoms with Crippen molar-refractivity contribution < 1.29 is 4.79 Å². The van der Waals surface area contributed by atoms with Crippen LogP contribution in [0.25, 0.3) is 0 Å². The third-order valence-corrected chi connectivity index (χ3v) is 2.95. The molecule has 0 heterocycles. The monoisotopic (exact) mass is 237 g/mol. The number of hydrogen-bond acceptors (Lipinski definition) is 3. The predicted molar refractivity (Wildman–Crippen MR) is 67.3 cm³/mol. The Labute approximate surface area is 104 Å². The molecular weight excluding hydrogens is 214 g/mol. The minimum Gasteiger partial charge on any atom is -0.351 e. The van der Waals surface area contributed by atoms with Gasteiger partial charge in [0.2, 0.25) is 5.91 Å². The van der Waals surface area contributed by atoms with Crippen LogP contribution in [0.4, 0.5) is 0 Å². The van der Waals surface area contributed by atoms with Crippen molar-refractivity contribution in [2.45, 2.75) is 58.0 Å². The van der Waals surface area contributed by atoms with Crippen LogP contribution in [0.15, 0.2) is 0 Å². The summed E-state index contributed by atoms with van der Waals surface area (Å²) >= 11 is 0. The second kappa shape index (κ2) is 6.02. The SMILES string of the molecule is CC(C)(C)NC(=O)CCNC1CCCC1C#N. The number of nitriles is 1. The van der Waals surface area contributed by atoms with E-state index in [9.17, 15) is 4.79 Å². The summed E-state index contributed by atoms with van der Waals surface area (Å²) in [6.45, 7) is 6.58.